The Kier molecular flexibility index (Phi) is 2.97. The standard InChI is InChI=1S/C15H14N4O2S/c1-8-16-15-13(9-4-2-3-5-10(9)22-15)14-17-11(18-19(8)14)6-7-12(20)21/h6-7H,2-5H2,1H3,(H,20,21)/b7-6-. The van der Waals surface area contributed by atoms with E-state index in [9.17, 15) is 4.79 Å². The highest BCUT2D eigenvalue weighted by atomic mass is 32.1. The van der Waals surface area contributed by atoms with Crippen LogP contribution in [-0.4, -0.2) is 30.7 Å². The first-order chi connectivity index (χ1) is 10.6. The summed E-state index contributed by atoms with van der Waals surface area (Å²) in [5.74, 6) is 0.158. The number of carboxylic acids is 1. The van der Waals surface area contributed by atoms with E-state index in [0.717, 1.165) is 40.6 Å². The second kappa shape index (κ2) is 4.88. The molecule has 1 aliphatic rings. The molecule has 3 heterocycles. The molecule has 0 amide bonds. The Morgan fingerprint density at radius 1 is 1.32 bits per heavy atom. The summed E-state index contributed by atoms with van der Waals surface area (Å²) in [6.45, 7) is 1.89. The van der Waals surface area contributed by atoms with E-state index < -0.39 is 5.97 Å². The maximum atomic E-state index is 10.7. The molecule has 3 aromatic heterocycles. The molecule has 1 N–H and O–H groups in total. The van der Waals surface area contributed by atoms with Gasteiger partial charge in [0.1, 0.15) is 10.7 Å². The van der Waals surface area contributed by atoms with Gasteiger partial charge in [-0.15, -0.1) is 16.4 Å². The Bertz CT molecular complexity index is 938. The van der Waals surface area contributed by atoms with Gasteiger partial charge in [-0.2, -0.15) is 4.52 Å². The van der Waals surface area contributed by atoms with Crippen LogP contribution in [-0.2, 0) is 17.6 Å². The van der Waals surface area contributed by atoms with Crippen molar-refractivity contribution in [2.75, 3.05) is 0 Å². The van der Waals surface area contributed by atoms with E-state index in [4.69, 9.17) is 5.11 Å². The van der Waals surface area contributed by atoms with Gasteiger partial charge in [0.2, 0.25) is 0 Å². The molecule has 3 aromatic rings. The summed E-state index contributed by atoms with van der Waals surface area (Å²) >= 11 is 1.75. The third-order valence-electron chi connectivity index (χ3n) is 3.94. The number of nitrogens with zero attached hydrogens (tertiary/aromatic N) is 4. The predicted molar refractivity (Wildman–Crippen MR) is 84.2 cm³/mol. The molecule has 0 spiro atoms. The zero-order chi connectivity index (χ0) is 15.3. The average molecular weight is 314 g/mol. The summed E-state index contributed by atoms with van der Waals surface area (Å²) in [6, 6.07) is 0. The monoisotopic (exact) mass is 314 g/mol. The molecule has 0 bridgehead atoms. The average Bonchev–Trinajstić information content (AvgIpc) is 3.05. The molecule has 0 aromatic carbocycles. The highest BCUT2D eigenvalue weighted by Crippen LogP contribution is 2.37. The molecule has 0 saturated carbocycles. The third-order valence-corrected chi connectivity index (χ3v) is 5.13. The smallest absolute Gasteiger partial charge is 0.328 e. The summed E-state index contributed by atoms with van der Waals surface area (Å²) in [5.41, 5.74) is 2.14. The molecule has 0 aliphatic heterocycles. The van der Waals surface area contributed by atoms with Crippen molar-refractivity contribution >= 4 is 39.2 Å². The number of hydrogen-bond donors (Lipinski definition) is 1. The van der Waals surface area contributed by atoms with E-state index in [-0.39, 0.29) is 0 Å². The first kappa shape index (κ1) is 13.4. The van der Waals surface area contributed by atoms with Gasteiger partial charge >= 0.3 is 5.97 Å². The number of aromatic nitrogens is 4. The second-order valence-electron chi connectivity index (χ2n) is 5.43. The lowest BCUT2D eigenvalue weighted by molar-refractivity contribution is -0.131. The van der Waals surface area contributed by atoms with Crippen molar-refractivity contribution in [3.8, 4) is 0 Å². The second-order valence-corrected chi connectivity index (χ2v) is 6.51. The number of carbonyl (C=O) groups is 1. The minimum absolute atomic E-state index is 0.399. The Hall–Kier alpha value is -2.28. The predicted octanol–water partition coefficient (Wildman–Crippen LogP) is 2.62. The number of hydrogen-bond acceptors (Lipinski definition) is 5. The van der Waals surface area contributed by atoms with Crippen LogP contribution in [0.4, 0.5) is 0 Å². The highest BCUT2D eigenvalue weighted by molar-refractivity contribution is 7.19. The minimum Gasteiger partial charge on any atom is -0.478 e. The Morgan fingerprint density at radius 2 is 2.14 bits per heavy atom. The fourth-order valence-corrected chi connectivity index (χ4v) is 4.29. The number of thiophene rings is 1. The summed E-state index contributed by atoms with van der Waals surface area (Å²) in [4.78, 5) is 22.3. The number of fused-ring (bicyclic) bond motifs is 5. The number of aliphatic carboxylic acids is 1. The van der Waals surface area contributed by atoms with Crippen LogP contribution in [0.1, 0.15) is 34.9 Å². The summed E-state index contributed by atoms with van der Waals surface area (Å²) in [6.07, 6.45) is 7.06. The molecule has 6 nitrogen and oxygen atoms in total. The van der Waals surface area contributed by atoms with Crippen LogP contribution in [0.5, 0.6) is 0 Å². The molecule has 0 fully saturated rings. The van der Waals surface area contributed by atoms with Gasteiger partial charge in [-0.1, -0.05) is 0 Å². The molecule has 0 unspecified atom stereocenters. The van der Waals surface area contributed by atoms with E-state index in [2.05, 4.69) is 15.1 Å². The lowest BCUT2D eigenvalue weighted by Crippen LogP contribution is -2.01. The SMILES string of the molecule is Cc1nc2sc3c(c2c2nc(/C=C\C(=O)O)nn12)CCCC3. The van der Waals surface area contributed by atoms with Crippen molar-refractivity contribution in [1.82, 2.24) is 19.6 Å². The molecule has 0 saturated heterocycles. The third kappa shape index (κ3) is 2.00. The zero-order valence-corrected chi connectivity index (χ0v) is 12.9. The first-order valence-corrected chi connectivity index (χ1v) is 8.04. The van der Waals surface area contributed by atoms with Crippen LogP contribution >= 0.6 is 11.3 Å². The van der Waals surface area contributed by atoms with E-state index >= 15 is 0 Å². The van der Waals surface area contributed by atoms with Gasteiger partial charge in [-0.25, -0.2) is 14.8 Å². The maximum Gasteiger partial charge on any atom is 0.328 e. The molecular formula is C15H14N4O2S. The van der Waals surface area contributed by atoms with Crippen molar-refractivity contribution < 1.29 is 9.90 Å². The van der Waals surface area contributed by atoms with E-state index in [1.807, 2.05) is 6.92 Å². The van der Waals surface area contributed by atoms with Gasteiger partial charge < -0.3 is 5.11 Å². The molecule has 0 atom stereocenters. The van der Waals surface area contributed by atoms with Crippen LogP contribution in [0, 0.1) is 6.92 Å². The van der Waals surface area contributed by atoms with Crippen molar-refractivity contribution in [3.05, 3.63) is 28.2 Å². The highest BCUT2D eigenvalue weighted by Gasteiger charge is 2.21. The van der Waals surface area contributed by atoms with Crippen LogP contribution in [0.15, 0.2) is 6.08 Å². The van der Waals surface area contributed by atoms with Gasteiger partial charge in [0.15, 0.2) is 11.5 Å². The van der Waals surface area contributed by atoms with E-state index in [1.165, 1.54) is 29.4 Å². The Morgan fingerprint density at radius 3 is 2.95 bits per heavy atom. The lowest BCUT2D eigenvalue weighted by Gasteiger charge is -2.10. The van der Waals surface area contributed by atoms with Crippen molar-refractivity contribution in [3.63, 3.8) is 0 Å². The molecule has 22 heavy (non-hydrogen) atoms. The Balaban J connectivity index is 2.00. The molecule has 1 aliphatic carbocycles. The van der Waals surface area contributed by atoms with Gasteiger partial charge in [0.05, 0.1) is 5.39 Å². The number of rotatable bonds is 2. The van der Waals surface area contributed by atoms with Gasteiger partial charge in [0.25, 0.3) is 0 Å². The molecular weight excluding hydrogens is 300 g/mol. The van der Waals surface area contributed by atoms with Crippen LogP contribution < -0.4 is 0 Å². The largest absolute Gasteiger partial charge is 0.478 e. The summed E-state index contributed by atoms with van der Waals surface area (Å²) in [5, 5.41) is 14.2. The van der Waals surface area contributed by atoms with Crippen molar-refractivity contribution in [2.24, 2.45) is 0 Å². The topological polar surface area (TPSA) is 80.4 Å². The van der Waals surface area contributed by atoms with E-state index in [1.54, 1.807) is 15.9 Å². The summed E-state index contributed by atoms with van der Waals surface area (Å²) < 4.78 is 1.71. The zero-order valence-electron chi connectivity index (χ0n) is 12.0. The van der Waals surface area contributed by atoms with E-state index in [0.29, 0.717) is 5.82 Å². The van der Waals surface area contributed by atoms with Crippen LogP contribution in [0.3, 0.4) is 0 Å². The summed E-state index contributed by atoms with van der Waals surface area (Å²) in [7, 11) is 0. The van der Waals surface area contributed by atoms with Crippen LogP contribution in [0.2, 0.25) is 0 Å². The quantitative estimate of drug-likeness (QED) is 0.735. The normalized spacial score (nSPS) is 15.0. The van der Waals surface area contributed by atoms with Gasteiger partial charge in [-0.3, -0.25) is 0 Å². The molecule has 0 radical (unpaired) electrons. The fraction of sp³-hybridized carbons (Fsp3) is 0.333. The number of aryl methyl sites for hydroxylation is 3. The lowest BCUT2D eigenvalue weighted by atomic mass is 9.97. The minimum atomic E-state index is -1.01. The number of carboxylic acid groups (broad SMARTS) is 1. The van der Waals surface area contributed by atoms with Crippen LogP contribution in [0.25, 0.3) is 21.9 Å². The molecule has 4 rings (SSSR count). The van der Waals surface area contributed by atoms with Crippen molar-refractivity contribution in [1.29, 1.82) is 0 Å². The maximum absolute atomic E-state index is 10.7. The Labute approximate surface area is 130 Å². The van der Waals surface area contributed by atoms with Crippen molar-refractivity contribution in [2.45, 2.75) is 32.6 Å². The molecule has 7 heteroatoms. The molecule has 112 valence electrons. The first-order valence-electron chi connectivity index (χ1n) is 7.22. The fourth-order valence-electron chi connectivity index (χ4n) is 2.99. The van der Waals surface area contributed by atoms with Gasteiger partial charge in [-0.05, 0) is 44.2 Å². The van der Waals surface area contributed by atoms with Gasteiger partial charge in [0, 0.05) is 11.0 Å².